The van der Waals surface area contributed by atoms with Crippen LogP contribution in [0.3, 0.4) is 0 Å². The van der Waals surface area contributed by atoms with Crippen LogP contribution in [-0.2, 0) is 26.1 Å². The first-order chi connectivity index (χ1) is 15.3. The van der Waals surface area contributed by atoms with Gasteiger partial charge >= 0.3 is 0 Å². The minimum atomic E-state index is -3.57. The molecule has 0 bridgehead atoms. The van der Waals surface area contributed by atoms with Gasteiger partial charge in [-0.2, -0.15) is 4.31 Å². The van der Waals surface area contributed by atoms with Crippen LogP contribution in [-0.4, -0.2) is 65.3 Å². The predicted octanol–water partition coefficient (Wildman–Crippen LogP) is 1.81. The number of carbonyl (C=O) groups excluding carboxylic acids is 1. The first-order valence-electron chi connectivity index (χ1n) is 10.2. The lowest BCUT2D eigenvalue weighted by Crippen LogP contribution is -2.40. The molecule has 1 fully saturated rings. The molecule has 0 aromatic heterocycles. The molecule has 9 nitrogen and oxygen atoms in total. The average molecular weight is 465 g/mol. The standard InChI is InChI=1S/C22H28N2O7S/c1-16(22(25)23-15-17-4-9-20(28-2)21(14-17)29-3)31-18-5-7-19(8-6-18)32(26,27)24-10-12-30-13-11-24/h4-9,14,16H,10-13,15H2,1-3H3,(H,23,25). The molecule has 0 radical (unpaired) electrons. The summed E-state index contributed by atoms with van der Waals surface area (Å²) in [6.07, 6.45) is -0.767. The number of benzene rings is 2. The molecular formula is C22H28N2O7S. The van der Waals surface area contributed by atoms with Crippen molar-refractivity contribution in [3.8, 4) is 17.2 Å². The highest BCUT2D eigenvalue weighted by Gasteiger charge is 2.26. The van der Waals surface area contributed by atoms with Gasteiger partial charge in [0.15, 0.2) is 17.6 Å². The van der Waals surface area contributed by atoms with Crippen LogP contribution in [0.2, 0.25) is 0 Å². The van der Waals surface area contributed by atoms with E-state index in [1.165, 1.54) is 16.4 Å². The lowest BCUT2D eigenvalue weighted by atomic mass is 10.2. The van der Waals surface area contributed by atoms with Crippen LogP contribution < -0.4 is 19.5 Å². The van der Waals surface area contributed by atoms with Crippen molar-refractivity contribution >= 4 is 15.9 Å². The molecule has 1 amide bonds. The highest BCUT2D eigenvalue weighted by atomic mass is 32.2. The minimum Gasteiger partial charge on any atom is -0.493 e. The van der Waals surface area contributed by atoms with Crippen LogP contribution in [0.4, 0.5) is 0 Å². The zero-order chi connectivity index (χ0) is 23.1. The third-order valence-electron chi connectivity index (χ3n) is 5.03. The van der Waals surface area contributed by atoms with Crippen LogP contribution in [0.5, 0.6) is 17.2 Å². The predicted molar refractivity (Wildman–Crippen MR) is 118 cm³/mol. The van der Waals surface area contributed by atoms with E-state index in [0.29, 0.717) is 50.1 Å². The van der Waals surface area contributed by atoms with Gasteiger partial charge in [-0.05, 0) is 48.9 Å². The fourth-order valence-electron chi connectivity index (χ4n) is 3.21. The van der Waals surface area contributed by atoms with E-state index >= 15 is 0 Å². The largest absolute Gasteiger partial charge is 0.493 e. The summed E-state index contributed by atoms with van der Waals surface area (Å²) in [5, 5.41) is 2.81. The first-order valence-corrected chi connectivity index (χ1v) is 11.6. The van der Waals surface area contributed by atoms with Crippen molar-refractivity contribution in [3.05, 3.63) is 48.0 Å². The maximum atomic E-state index is 12.7. The zero-order valence-corrected chi connectivity index (χ0v) is 19.2. The minimum absolute atomic E-state index is 0.178. The number of nitrogens with zero attached hydrogens (tertiary/aromatic N) is 1. The molecule has 32 heavy (non-hydrogen) atoms. The van der Waals surface area contributed by atoms with Crippen LogP contribution in [0.1, 0.15) is 12.5 Å². The molecule has 2 aromatic rings. The van der Waals surface area contributed by atoms with Crippen molar-refractivity contribution in [2.45, 2.75) is 24.5 Å². The molecule has 1 saturated heterocycles. The maximum Gasteiger partial charge on any atom is 0.261 e. The summed E-state index contributed by atoms with van der Waals surface area (Å²) in [5.74, 6) is 1.29. The molecule has 0 spiro atoms. The van der Waals surface area contributed by atoms with Gasteiger partial charge in [0.05, 0.1) is 32.3 Å². The van der Waals surface area contributed by atoms with Gasteiger partial charge in [0.25, 0.3) is 5.91 Å². The van der Waals surface area contributed by atoms with Crippen LogP contribution in [0.15, 0.2) is 47.4 Å². The Hall–Kier alpha value is -2.82. The number of methoxy groups -OCH3 is 2. The smallest absolute Gasteiger partial charge is 0.261 e. The molecular weight excluding hydrogens is 436 g/mol. The van der Waals surface area contributed by atoms with Crippen molar-refractivity contribution in [2.75, 3.05) is 40.5 Å². The summed E-state index contributed by atoms with van der Waals surface area (Å²) >= 11 is 0. The topological polar surface area (TPSA) is 103 Å². The van der Waals surface area contributed by atoms with Crippen molar-refractivity contribution in [1.82, 2.24) is 9.62 Å². The van der Waals surface area contributed by atoms with Gasteiger partial charge < -0.3 is 24.3 Å². The summed E-state index contributed by atoms with van der Waals surface area (Å²) in [4.78, 5) is 12.6. The molecule has 174 valence electrons. The Kier molecular flexibility index (Phi) is 7.94. The Balaban J connectivity index is 1.56. The van der Waals surface area contributed by atoms with Gasteiger partial charge in [0, 0.05) is 19.6 Å². The Bertz CT molecular complexity index is 1020. The van der Waals surface area contributed by atoms with E-state index in [-0.39, 0.29) is 10.8 Å². The molecule has 1 heterocycles. The van der Waals surface area contributed by atoms with Crippen molar-refractivity contribution in [1.29, 1.82) is 0 Å². The first kappa shape index (κ1) is 23.8. The van der Waals surface area contributed by atoms with Crippen LogP contribution in [0.25, 0.3) is 0 Å². The molecule has 0 saturated carbocycles. The van der Waals surface area contributed by atoms with Gasteiger partial charge in [-0.25, -0.2) is 8.42 Å². The highest BCUT2D eigenvalue weighted by molar-refractivity contribution is 7.89. The number of rotatable bonds is 9. The number of amides is 1. The van der Waals surface area contributed by atoms with Crippen molar-refractivity contribution in [2.24, 2.45) is 0 Å². The molecule has 1 atom stereocenters. The summed E-state index contributed by atoms with van der Waals surface area (Å²) in [5.41, 5.74) is 0.848. The third-order valence-corrected chi connectivity index (χ3v) is 6.94. The summed E-state index contributed by atoms with van der Waals surface area (Å²) in [6, 6.07) is 11.4. The monoisotopic (exact) mass is 464 g/mol. The molecule has 2 aromatic carbocycles. The zero-order valence-electron chi connectivity index (χ0n) is 18.4. The molecule has 0 aliphatic carbocycles. The number of carbonyl (C=O) groups is 1. The fraction of sp³-hybridized carbons (Fsp3) is 0.409. The lowest BCUT2D eigenvalue weighted by Gasteiger charge is -2.26. The molecule has 10 heteroatoms. The summed E-state index contributed by atoms with van der Waals surface area (Å²) < 4.78 is 48.1. The Labute approximate surface area is 188 Å². The van der Waals surface area contributed by atoms with Crippen LogP contribution in [0, 0.1) is 0 Å². The van der Waals surface area contributed by atoms with E-state index in [0.717, 1.165) is 5.56 Å². The number of sulfonamides is 1. The number of hydrogen-bond acceptors (Lipinski definition) is 7. The SMILES string of the molecule is COc1ccc(CNC(=O)C(C)Oc2ccc(S(=O)(=O)N3CCOCC3)cc2)cc1OC. The molecule has 1 unspecified atom stereocenters. The quantitative estimate of drug-likeness (QED) is 0.604. The summed E-state index contributed by atoms with van der Waals surface area (Å²) in [6.45, 7) is 3.36. The van der Waals surface area contributed by atoms with Gasteiger partial charge in [-0.1, -0.05) is 6.07 Å². The normalized spacial score (nSPS) is 15.6. The number of nitrogens with one attached hydrogen (secondary N) is 1. The maximum absolute atomic E-state index is 12.7. The highest BCUT2D eigenvalue weighted by Crippen LogP contribution is 2.27. The molecule has 1 N–H and O–H groups in total. The summed E-state index contributed by atoms with van der Waals surface area (Å²) in [7, 11) is -0.467. The van der Waals surface area contributed by atoms with Crippen molar-refractivity contribution < 1.29 is 32.2 Å². The van der Waals surface area contributed by atoms with Crippen molar-refractivity contribution in [3.63, 3.8) is 0 Å². The van der Waals surface area contributed by atoms with E-state index < -0.39 is 16.1 Å². The van der Waals surface area contributed by atoms with Crippen LogP contribution >= 0.6 is 0 Å². The van der Waals surface area contributed by atoms with E-state index in [2.05, 4.69) is 5.32 Å². The van der Waals surface area contributed by atoms with E-state index in [1.54, 1.807) is 45.4 Å². The van der Waals surface area contributed by atoms with Gasteiger partial charge in [-0.3, -0.25) is 4.79 Å². The second kappa shape index (κ2) is 10.7. The Morgan fingerprint density at radius 2 is 1.72 bits per heavy atom. The molecule has 1 aliphatic heterocycles. The number of ether oxygens (including phenoxy) is 4. The second-order valence-electron chi connectivity index (χ2n) is 7.16. The molecule has 1 aliphatic rings. The van der Waals surface area contributed by atoms with Gasteiger partial charge in [0.1, 0.15) is 5.75 Å². The Morgan fingerprint density at radius 1 is 1.06 bits per heavy atom. The van der Waals surface area contributed by atoms with Gasteiger partial charge in [-0.15, -0.1) is 0 Å². The fourth-order valence-corrected chi connectivity index (χ4v) is 4.62. The lowest BCUT2D eigenvalue weighted by molar-refractivity contribution is -0.127. The number of hydrogen-bond donors (Lipinski definition) is 1. The second-order valence-corrected chi connectivity index (χ2v) is 9.09. The third kappa shape index (κ3) is 5.70. The van der Waals surface area contributed by atoms with E-state index in [1.807, 2.05) is 6.07 Å². The van der Waals surface area contributed by atoms with Gasteiger partial charge in [0.2, 0.25) is 10.0 Å². The molecule has 3 rings (SSSR count). The van der Waals surface area contributed by atoms with E-state index in [4.69, 9.17) is 18.9 Å². The number of morpholine rings is 1. The average Bonchev–Trinajstić information content (AvgIpc) is 2.83. The Morgan fingerprint density at radius 3 is 2.34 bits per heavy atom. The van der Waals surface area contributed by atoms with E-state index in [9.17, 15) is 13.2 Å².